The molecule has 2 rings (SSSR count). The van der Waals surface area contributed by atoms with Gasteiger partial charge in [-0.25, -0.2) is 13.8 Å². The summed E-state index contributed by atoms with van der Waals surface area (Å²) < 4.78 is 30.9. The average Bonchev–Trinajstić information content (AvgIpc) is 2.73. The molecule has 13 heteroatoms. The number of sulfonamides is 1. The Morgan fingerprint density at radius 2 is 1.88 bits per heavy atom. The van der Waals surface area contributed by atoms with Crippen LogP contribution in [0.3, 0.4) is 0 Å². The van der Waals surface area contributed by atoms with E-state index in [4.69, 9.17) is 4.74 Å². The fourth-order valence-electron chi connectivity index (χ4n) is 2.52. The number of nitrogens with zero attached hydrogens (tertiary/aromatic N) is 3. The topological polar surface area (TPSA) is 160 Å². The van der Waals surface area contributed by atoms with E-state index in [1.54, 1.807) is 0 Å². The number of carbonyl (C=O) groups excluding carboxylic acids is 2. The second-order valence-corrected chi connectivity index (χ2v) is 8.49. The van der Waals surface area contributed by atoms with Crippen molar-refractivity contribution in [1.82, 2.24) is 9.73 Å². The molecular formula is C19H21N5O7S. The standard InChI is InChI=1S/C19H21N5O7S/c1-13(25)21-15-5-7-16(8-6-15)32(29,30)23(2)12-19(26)22-20-11-14-4-9-18(31-3)17(10-14)24(27)28/h4-11H,12H2,1-3H3,(H,21,25)(H,22,26)/b20-11+. The number of anilines is 1. The molecule has 2 aromatic carbocycles. The van der Waals surface area contributed by atoms with Crippen LogP contribution in [0.1, 0.15) is 12.5 Å². The zero-order valence-corrected chi connectivity index (χ0v) is 18.3. The van der Waals surface area contributed by atoms with Crippen LogP contribution < -0.4 is 15.5 Å². The molecule has 0 spiro atoms. The molecule has 0 bridgehead atoms. The van der Waals surface area contributed by atoms with Gasteiger partial charge in [0.1, 0.15) is 0 Å². The van der Waals surface area contributed by atoms with E-state index >= 15 is 0 Å². The number of likely N-dealkylation sites (N-methyl/N-ethyl adjacent to an activating group) is 1. The number of ether oxygens (including phenoxy) is 1. The first kappa shape index (κ1) is 24.4. The van der Waals surface area contributed by atoms with Gasteiger partial charge < -0.3 is 10.1 Å². The van der Waals surface area contributed by atoms with Gasteiger partial charge in [0.2, 0.25) is 15.9 Å². The van der Waals surface area contributed by atoms with Gasteiger partial charge in [-0.2, -0.15) is 9.41 Å². The number of nitrogens with one attached hydrogen (secondary N) is 2. The van der Waals surface area contributed by atoms with Crippen molar-refractivity contribution < 1.29 is 27.7 Å². The molecule has 0 aliphatic rings. The van der Waals surface area contributed by atoms with Crippen LogP contribution in [0.2, 0.25) is 0 Å². The van der Waals surface area contributed by atoms with Crippen LogP contribution in [0.4, 0.5) is 11.4 Å². The molecule has 170 valence electrons. The molecule has 0 unspecified atom stereocenters. The molecule has 0 fully saturated rings. The summed E-state index contributed by atoms with van der Waals surface area (Å²) in [6.45, 7) is 0.811. The van der Waals surface area contributed by atoms with Crippen molar-refractivity contribution >= 4 is 39.4 Å². The van der Waals surface area contributed by atoms with Crippen molar-refractivity contribution in [2.45, 2.75) is 11.8 Å². The highest BCUT2D eigenvalue weighted by atomic mass is 32.2. The number of hydrogen-bond donors (Lipinski definition) is 2. The number of nitro groups is 1. The molecule has 0 radical (unpaired) electrons. The second kappa shape index (κ2) is 10.5. The number of rotatable bonds is 9. The normalized spacial score (nSPS) is 11.4. The van der Waals surface area contributed by atoms with Crippen molar-refractivity contribution in [3.05, 3.63) is 58.1 Å². The van der Waals surface area contributed by atoms with Crippen LogP contribution in [0.5, 0.6) is 5.75 Å². The van der Waals surface area contributed by atoms with Crippen molar-refractivity contribution in [2.24, 2.45) is 5.10 Å². The van der Waals surface area contributed by atoms with E-state index in [9.17, 15) is 28.1 Å². The molecule has 0 saturated heterocycles. The number of amides is 2. The number of nitro benzene ring substituents is 1. The summed E-state index contributed by atoms with van der Waals surface area (Å²) >= 11 is 0. The third-order valence-electron chi connectivity index (χ3n) is 4.05. The summed E-state index contributed by atoms with van der Waals surface area (Å²) in [6.07, 6.45) is 1.18. The Labute approximate surface area is 184 Å². The molecule has 12 nitrogen and oxygen atoms in total. The number of hydrazone groups is 1. The van der Waals surface area contributed by atoms with E-state index in [1.807, 2.05) is 0 Å². The highest BCUT2D eigenvalue weighted by Crippen LogP contribution is 2.26. The summed E-state index contributed by atoms with van der Waals surface area (Å²) in [7, 11) is -1.43. The van der Waals surface area contributed by atoms with Gasteiger partial charge in [-0.15, -0.1) is 0 Å². The van der Waals surface area contributed by atoms with Crippen LogP contribution >= 0.6 is 0 Å². The van der Waals surface area contributed by atoms with Gasteiger partial charge in [-0.1, -0.05) is 0 Å². The molecule has 0 atom stereocenters. The predicted molar refractivity (Wildman–Crippen MR) is 116 cm³/mol. The number of methoxy groups -OCH3 is 1. The smallest absolute Gasteiger partial charge is 0.311 e. The van der Waals surface area contributed by atoms with Gasteiger partial charge in [-0.3, -0.25) is 19.7 Å². The molecule has 0 saturated carbocycles. The summed E-state index contributed by atoms with van der Waals surface area (Å²) in [6, 6.07) is 9.59. The summed E-state index contributed by atoms with van der Waals surface area (Å²) in [5.41, 5.74) is 2.67. The van der Waals surface area contributed by atoms with Crippen molar-refractivity contribution in [2.75, 3.05) is 26.0 Å². The minimum Gasteiger partial charge on any atom is -0.490 e. The van der Waals surface area contributed by atoms with E-state index in [2.05, 4.69) is 15.8 Å². The van der Waals surface area contributed by atoms with Crippen molar-refractivity contribution in [3.8, 4) is 5.75 Å². The van der Waals surface area contributed by atoms with Gasteiger partial charge in [-0.05, 0) is 36.4 Å². The van der Waals surface area contributed by atoms with E-state index in [-0.39, 0.29) is 22.2 Å². The first-order valence-corrected chi connectivity index (χ1v) is 10.5. The lowest BCUT2D eigenvalue weighted by Crippen LogP contribution is -2.36. The molecular weight excluding hydrogens is 442 g/mol. The number of benzene rings is 2. The Morgan fingerprint density at radius 3 is 2.44 bits per heavy atom. The monoisotopic (exact) mass is 463 g/mol. The molecule has 0 aliphatic carbocycles. The highest BCUT2D eigenvalue weighted by molar-refractivity contribution is 7.89. The SMILES string of the molecule is COc1ccc(/C=N/NC(=O)CN(C)S(=O)(=O)c2ccc(NC(C)=O)cc2)cc1[N+](=O)[O-]. The minimum absolute atomic E-state index is 0.0593. The van der Waals surface area contributed by atoms with Gasteiger partial charge in [0.25, 0.3) is 5.91 Å². The third kappa shape index (κ3) is 6.33. The van der Waals surface area contributed by atoms with Crippen molar-refractivity contribution in [3.63, 3.8) is 0 Å². The number of carbonyl (C=O) groups is 2. The van der Waals surface area contributed by atoms with Gasteiger partial charge in [0.15, 0.2) is 5.75 Å². The number of hydrogen-bond acceptors (Lipinski definition) is 8. The maximum absolute atomic E-state index is 12.6. The van der Waals surface area contributed by atoms with Crippen LogP contribution in [-0.4, -0.2) is 56.4 Å². The first-order valence-electron chi connectivity index (χ1n) is 9.03. The zero-order valence-electron chi connectivity index (χ0n) is 17.4. The van der Waals surface area contributed by atoms with Crippen LogP contribution in [0.15, 0.2) is 52.5 Å². The minimum atomic E-state index is -3.96. The van der Waals surface area contributed by atoms with Gasteiger partial charge >= 0.3 is 5.69 Å². The van der Waals surface area contributed by atoms with Crippen LogP contribution in [0, 0.1) is 10.1 Å². The van der Waals surface area contributed by atoms with Gasteiger partial charge in [0.05, 0.1) is 29.7 Å². The van der Waals surface area contributed by atoms with E-state index < -0.39 is 27.4 Å². The quantitative estimate of drug-likeness (QED) is 0.322. The Hall–Kier alpha value is -3.84. The molecule has 32 heavy (non-hydrogen) atoms. The largest absolute Gasteiger partial charge is 0.490 e. The Kier molecular flexibility index (Phi) is 7.98. The maximum atomic E-state index is 12.6. The molecule has 0 heterocycles. The fourth-order valence-corrected chi connectivity index (χ4v) is 3.65. The predicted octanol–water partition coefficient (Wildman–Crippen LogP) is 1.33. The molecule has 2 N–H and O–H groups in total. The van der Waals surface area contributed by atoms with E-state index in [0.29, 0.717) is 11.3 Å². The fraction of sp³-hybridized carbons (Fsp3) is 0.211. The van der Waals surface area contributed by atoms with E-state index in [1.165, 1.54) is 69.8 Å². The summed E-state index contributed by atoms with van der Waals surface area (Å²) in [4.78, 5) is 33.5. The third-order valence-corrected chi connectivity index (χ3v) is 5.87. The van der Waals surface area contributed by atoms with E-state index in [0.717, 1.165) is 4.31 Å². The summed E-state index contributed by atoms with van der Waals surface area (Å²) in [5, 5.41) is 17.3. The lowest BCUT2D eigenvalue weighted by Gasteiger charge is -2.16. The highest BCUT2D eigenvalue weighted by Gasteiger charge is 2.23. The lowest BCUT2D eigenvalue weighted by molar-refractivity contribution is -0.385. The molecule has 2 aromatic rings. The van der Waals surface area contributed by atoms with Crippen LogP contribution in [-0.2, 0) is 19.6 Å². The Morgan fingerprint density at radius 1 is 1.22 bits per heavy atom. The maximum Gasteiger partial charge on any atom is 0.311 e. The summed E-state index contributed by atoms with van der Waals surface area (Å²) in [5.74, 6) is -0.933. The lowest BCUT2D eigenvalue weighted by atomic mass is 10.2. The Balaban J connectivity index is 2.01. The average molecular weight is 463 g/mol. The van der Waals surface area contributed by atoms with Crippen molar-refractivity contribution in [1.29, 1.82) is 0 Å². The first-order chi connectivity index (χ1) is 15.0. The van der Waals surface area contributed by atoms with Gasteiger partial charge in [0, 0.05) is 31.3 Å². The second-order valence-electron chi connectivity index (χ2n) is 6.45. The van der Waals surface area contributed by atoms with Crippen LogP contribution in [0.25, 0.3) is 0 Å². The molecule has 0 aliphatic heterocycles. The zero-order chi connectivity index (χ0) is 23.9. The molecule has 2 amide bonds. The molecule has 0 aromatic heterocycles. The Bertz CT molecular complexity index is 1150.